The van der Waals surface area contributed by atoms with Gasteiger partial charge in [-0.15, -0.1) is 0 Å². The van der Waals surface area contributed by atoms with Crippen molar-refractivity contribution < 1.29 is 0 Å². The fourth-order valence-corrected chi connectivity index (χ4v) is 17.5. The van der Waals surface area contributed by atoms with Crippen LogP contribution in [0.15, 0.2) is 4.99 Å². The van der Waals surface area contributed by atoms with Crippen LogP contribution in [-0.4, -0.2) is 52.7 Å². The fourth-order valence-electron chi connectivity index (χ4n) is 17.5. The number of hydrogen-bond donors (Lipinski definition) is 0. The van der Waals surface area contributed by atoms with Crippen molar-refractivity contribution in [3.63, 3.8) is 0 Å². The van der Waals surface area contributed by atoms with Gasteiger partial charge in [0.15, 0.2) is 12.7 Å². The third-order valence-corrected chi connectivity index (χ3v) is 19.0. The molecule has 0 N–H and O–H groups in total. The first-order valence-corrected chi connectivity index (χ1v) is 22.4. The molecule has 3 saturated heterocycles. The summed E-state index contributed by atoms with van der Waals surface area (Å²) < 4.78 is 0. The molecule has 0 radical (unpaired) electrons. The Bertz CT molecular complexity index is 1330. The van der Waals surface area contributed by atoms with E-state index in [1.807, 2.05) is 0 Å². The van der Waals surface area contributed by atoms with E-state index in [0.717, 1.165) is 95.6 Å². The van der Waals surface area contributed by atoms with Crippen molar-refractivity contribution in [1.82, 2.24) is 9.80 Å². The van der Waals surface area contributed by atoms with Crippen LogP contribution in [0.2, 0.25) is 17.5 Å². The van der Waals surface area contributed by atoms with E-state index in [4.69, 9.17) is 4.99 Å². The molecule has 0 amide bonds. The van der Waals surface area contributed by atoms with Gasteiger partial charge in [0.2, 0.25) is 0 Å². The lowest BCUT2D eigenvalue weighted by molar-refractivity contribution is -0.115. The lowest BCUT2D eigenvalue weighted by Gasteiger charge is -2.74. The number of guanidine groups is 1. The predicted molar refractivity (Wildman–Crippen MR) is 206 cm³/mol. The van der Waals surface area contributed by atoms with Crippen LogP contribution in [0.25, 0.3) is 0 Å². The maximum absolute atomic E-state index is 6.15. The van der Waals surface area contributed by atoms with Crippen molar-refractivity contribution in [3.05, 3.63) is 0 Å². The Balaban J connectivity index is 1.11. The topological polar surface area (TPSA) is 18.8 Å². The van der Waals surface area contributed by atoms with Gasteiger partial charge in [-0.25, -0.2) is 4.99 Å². The van der Waals surface area contributed by atoms with Crippen LogP contribution in [0.3, 0.4) is 0 Å². The zero-order valence-electron chi connectivity index (χ0n) is 33.3. The third-order valence-electron chi connectivity index (χ3n) is 19.0. The van der Waals surface area contributed by atoms with Gasteiger partial charge in [-0.1, -0.05) is 113 Å². The summed E-state index contributed by atoms with van der Waals surface area (Å²) in [6, 6.07) is 3.49. The molecule has 0 bridgehead atoms. The highest BCUT2D eigenvalue weighted by Gasteiger charge is 2.72. The molecule has 0 aromatic rings. The minimum atomic E-state index is 0.322. The minimum Gasteiger partial charge on any atom is -0.337 e. The van der Waals surface area contributed by atoms with Crippen molar-refractivity contribution in [2.24, 2.45) is 74.5 Å². The first-order valence-electron chi connectivity index (χ1n) is 22.4. The van der Waals surface area contributed by atoms with E-state index < -0.39 is 0 Å². The maximum Gasteiger partial charge on any atom is 0.198 e. The highest BCUT2D eigenvalue weighted by atomic mass is 15.5. The third kappa shape index (κ3) is 4.61. The summed E-state index contributed by atoms with van der Waals surface area (Å²) >= 11 is 0. The van der Waals surface area contributed by atoms with Gasteiger partial charge in [-0.3, -0.25) is 0 Å². The summed E-state index contributed by atoms with van der Waals surface area (Å²) in [6.45, 7) is 24.2. The molecule has 17 unspecified atom stereocenters. The van der Waals surface area contributed by atoms with Crippen LogP contribution in [0.1, 0.15) is 159 Å². The van der Waals surface area contributed by atoms with Crippen molar-refractivity contribution in [1.29, 1.82) is 0 Å². The van der Waals surface area contributed by atoms with Crippen LogP contribution >= 0.6 is 0 Å². The van der Waals surface area contributed by atoms with E-state index in [-0.39, 0.29) is 0 Å². The Morgan fingerprint density at radius 3 is 2.00 bits per heavy atom. The number of aliphatic imine (C=N–C) groups is 1. The second kappa shape index (κ2) is 11.0. The molecule has 272 valence electrons. The monoisotopic (exact) mass is 668 g/mol. The zero-order chi connectivity index (χ0) is 33.9. The molecule has 9 fully saturated rings. The Labute approximate surface area is 302 Å². The van der Waals surface area contributed by atoms with Crippen LogP contribution in [-0.2, 0) is 0 Å². The Hall–Kier alpha value is -0.665. The highest BCUT2D eigenvalue weighted by molar-refractivity contribution is 6.65. The molecule has 17 atom stereocenters. The molecule has 3 nitrogen and oxygen atoms in total. The van der Waals surface area contributed by atoms with Gasteiger partial charge in [0.05, 0.1) is 12.1 Å². The average molecular weight is 668 g/mol. The maximum atomic E-state index is 6.15. The standard InChI is InChI=1S/C45H74BN3/c1-43(2,3)26-23-31(45(7,8)9)40-34(24-26)47-42-48-35-18-11-10-17-32(35)46-33-21-20-30(44(4,5)6)28-16-13-15-27(38(28)33)29-22-25-14-12-19-36(49(40)42)37(25)41(48)39(29)46/h25-41H,10-24H2,1-9H3. The summed E-state index contributed by atoms with van der Waals surface area (Å²) in [5.74, 6) is 13.0. The SMILES string of the molecule is CC(C)(C)C1CC2N=C3N4C5CCCCC5B5C6CCC(C(C)(C)C)C7CCCC(C8CC9CCCC(C9C4C58)N3C2C(C(C)(C)C)C1)C67. The van der Waals surface area contributed by atoms with E-state index in [0.29, 0.717) is 28.3 Å². The van der Waals surface area contributed by atoms with Gasteiger partial charge >= 0.3 is 0 Å². The van der Waals surface area contributed by atoms with Gasteiger partial charge in [-0.05, 0) is 127 Å². The number of fused-ring (bicyclic) bond motifs is 10. The molecular formula is C45H74BN3. The first kappa shape index (κ1) is 32.9. The molecule has 0 spiro atoms. The van der Waals surface area contributed by atoms with Gasteiger partial charge in [0, 0.05) is 24.0 Å². The predicted octanol–water partition coefficient (Wildman–Crippen LogP) is 11.1. The number of rotatable bonds is 0. The van der Waals surface area contributed by atoms with E-state index in [9.17, 15) is 0 Å². The van der Waals surface area contributed by atoms with Crippen molar-refractivity contribution in [2.45, 2.75) is 206 Å². The smallest absolute Gasteiger partial charge is 0.198 e. The van der Waals surface area contributed by atoms with Crippen LogP contribution < -0.4 is 0 Å². The fraction of sp³-hybridized carbons (Fsp3) is 0.978. The summed E-state index contributed by atoms with van der Waals surface area (Å²) in [5, 5.41) is 0. The molecule has 4 heterocycles. The second-order valence-electron chi connectivity index (χ2n) is 23.8. The molecule has 10 rings (SSSR count). The molecular weight excluding hydrogens is 593 g/mol. The van der Waals surface area contributed by atoms with E-state index in [2.05, 4.69) is 72.1 Å². The van der Waals surface area contributed by atoms with Crippen molar-refractivity contribution in [3.8, 4) is 0 Å². The Morgan fingerprint density at radius 1 is 0.551 bits per heavy atom. The first-order chi connectivity index (χ1) is 23.2. The van der Waals surface area contributed by atoms with Crippen LogP contribution in [0, 0.1) is 69.5 Å². The molecule has 0 aromatic carbocycles. The van der Waals surface area contributed by atoms with Gasteiger partial charge in [0.1, 0.15) is 0 Å². The lowest BCUT2D eigenvalue weighted by atomic mass is 9.14. The lowest BCUT2D eigenvalue weighted by Crippen LogP contribution is -2.78. The van der Waals surface area contributed by atoms with Gasteiger partial charge < -0.3 is 9.80 Å². The molecule has 4 heteroatoms. The summed E-state index contributed by atoms with van der Waals surface area (Å²) in [7, 11) is 0. The molecule has 10 aliphatic rings. The van der Waals surface area contributed by atoms with E-state index >= 15 is 0 Å². The number of hydrogen-bond acceptors (Lipinski definition) is 3. The van der Waals surface area contributed by atoms with Crippen LogP contribution in [0.5, 0.6) is 0 Å². The van der Waals surface area contributed by atoms with Crippen LogP contribution in [0.4, 0.5) is 0 Å². The summed E-state index contributed by atoms with van der Waals surface area (Å²) in [6.07, 6.45) is 22.5. The summed E-state index contributed by atoms with van der Waals surface area (Å²) in [4.78, 5) is 12.6. The van der Waals surface area contributed by atoms with Crippen molar-refractivity contribution in [2.75, 3.05) is 0 Å². The molecule has 4 aliphatic heterocycles. The Kier molecular flexibility index (Phi) is 7.36. The van der Waals surface area contributed by atoms with E-state index in [1.54, 1.807) is 31.6 Å². The second-order valence-corrected chi connectivity index (χ2v) is 23.8. The van der Waals surface area contributed by atoms with Gasteiger partial charge in [-0.2, -0.15) is 0 Å². The largest absolute Gasteiger partial charge is 0.337 e. The highest BCUT2D eigenvalue weighted by Crippen LogP contribution is 2.73. The molecule has 6 saturated carbocycles. The normalized spacial score (nSPS) is 51.6. The van der Waals surface area contributed by atoms with Gasteiger partial charge in [0.25, 0.3) is 0 Å². The molecule has 0 aromatic heterocycles. The van der Waals surface area contributed by atoms with Crippen molar-refractivity contribution >= 4 is 12.7 Å². The molecule has 6 aliphatic carbocycles. The average Bonchev–Trinajstić information content (AvgIpc) is 3.44. The zero-order valence-corrected chi connectivity index (χ0v) is 33.3. The molecule has 49 heavy (non-hydrogen) atoms. The quantitative estimate of drug-likeness (QED) is 0.240. The minimum absolute atomic E-state index is 0.322. The Morgan fingerprint density at radius 2 is 1.24 bits per heavy atom. The number of nitrogens with zero attached hydrogens (tertiary/aromatic N) is 3. The van der Waals surface area contributed by atoms with E-state index in [1.165, 1.54) is 70.6 Å². The summed E-state index contributed by atoms with van der Waals surface area (Å²) in [5.41, 5.74) is 1.16.